The van der Waals surface area contributed by atoms with Crippen LogP contribution in [0.1, 0.15) is 39.9 Å². The number of benzene rings is 1. The van der Waals surface area contributed by atoms with Crippen LogP contribution in [0.15, 0.2) is 35.7 Å². The predicted octanol–water partition coefficient (Wildman–Crippen LogP) is 4.23. The van der Waals surface area contributed by atoms with E-state index in [0.29, 0.717) is 11.3 Å². The molecule has 152 valence electrons. The standard InChI is InChI=1S/C22H24N2O4S/c1-5-17-6-8-18(9-7-17)27-12-21(26)28-11-20(25)19-10-15(3)24(16(19)4)22-23-14(2)13-29-22/h6-10,13H,5,11-12H2,1-4H3. The van der Waals surface area contributed by atoms with Crippen LogP contribution in [0.2, 0.25) is 0 Å². The van der Waals surface area contributed by atoms with Crippen molar-refractivity contribution in [3.05, 3.63) is 63.9 Å². The van der Waals surface area contributed by atoms with Gasteiger partial charge in [-0.3, -0.25) is 9.36 Å². The first-order valence-corrected chi connectivity index (χ1v) is 10.3. The summed E-state index contributed by atoms with van der Waals surface area (Å²) < 4.78 is 12.5. The fourth-order valence-corrected chi connectivity index (χ4v) is 3.92. The Kier molecular flexibility index (Phi) is 6.49. The van der Waals surface area contributed by atoms with E-state index in [-0.39, 0.29) is 19.0 Å². The van der Waals surface area contributed by atoms with Gasteiger partial charge in [-0.15, -0.1) is 11.3 Å². The molecule has 0 fully saturated rings. The van der Waals surface area contributed by atoms with E-state index in [1.807, 2.05) is 55.0 Å². The quantitative estimate of drug-likeness (QED) is 0.409. The van der Waals surface area contributed by atoms with Gasteiger partial charge >= 0.3 is 5.97 Å². The zero-order chi connectivity index (χ0) is 21.0. The lowest BCUT2D eigenvalue weighted by Gasteiger charge is -2.08. The molecular weight excluding hydrogens is 388 g/mol. The van der Waals surface area contributed by atoms with Crippen molar-refractivity contribution in [1.29, 1.82) is 0 Å². The highest BCUT2D eigenvalue weighted by molar-refractivity contribution is 7.12. The number of ether oxygens (including phenoxy) is 2. The molecule has 0 aliphatic carbocycles. The third-order valence-corrected chi connectivity index (χ3v) is 5.53. The average molecular weight is 413 g/mol. The molecule has 0 aliphatic rings. The molecular formula is C22H24N2O4S. The summed E-state index contributed by atoms with van der Waals surface area (Å²) in [4.78, 5) is 29.0. The van der Waals surface area contributed by atoms with Gasteiger partial charge in [0.15, 0.2) is 18.3 Å². The van der Waals surface area contributed by atoms with Crippen molar-refractivity contribution in [2.75, 3.05) is 13.2 Å². The summed E-state index contributed by atoms with van der Waals surface area (Å²) in [6.07, 6.45) is 0.938. The van der Waals surface area contributed by atoms with Gasteiger partial charge in [0, 0.05) is 22.3 Å². The fraction of sp³-hybridized carbons (Fsp3) is 0.318. The number of aryl methyl sites for hydroxylation is 3. The van der Waals surface area contributed by atoms with Crippen molar-refractivity contribution in [1.82, 2.24) is 9.55 Å². The van der Waals surface area contributed by atoms with Gasteiger partial charge in [0.1, 0.15) is 5.75 Å². The highest BCUT2D eigenvalue weighted by Gasteiger charge is 2.19. The molecule has 2 heterocycles. The highest BCUT2D eigenvalue weighted by atomic mass is 32.1. The first-order chi connectivity index (χ1) is 13.9. The van der Waals surface area contributed by atoms with E-state index < -0.39 is 5.97 Å². The van der Waals surface area contributed by atoms with E-state index >= 15 is 0 Å². The molecule has 0 radical (unpaired) electrons. The number of esters is 1. The molecule has 3 aromatic rings. The maximum absolute atomic E-state index is 12.6. The lowest BCUT2D eigenvalue weighted by molar-refractivity contribution is -0.144. The number of rotatable bonds is 8. The summed E-state index contributed by atoms with van der Waals surface area (Å²) in [5, 5.41) is 2.78. The number of Topliss-reactive ketones (excluding diaryl/α,β-unsaturated/α-hetero) is 1. The van der Waals surface area contributed by atoms with E-state index in [2.05, 4.69) is 11.9 Å². The molecule has 0 spiro atoms. The first-order valence-electron chi connectivity index (χ1n) is 9.41. The van der Waals surface area contributed by atoms with Crippen LogP contribution in [0.3, 0.4) is 0 Å². The number of nitrogens with zero attached hydrogens (tertiary/aromatic N) is 2. The topological polar surface area (TPSA) is 70.4 Å². The van der Waals surface area contributed by atoms with Crippen LogP contribution in [-0.4, -0.2) is 34.5 Å². The van der Waals surface area contributed by atoms with Gasteiger partial charge in [-0.25, -0.2) is 9.78 Å². The van der Waals surface area contributed by atoms with Crippen molar-refractivity contribution < 1.29 is 19.1 Å². The Hall–Kier alpha value is -2.93. The molecule has 0 aliphatic heterocycles. The zero-order valence-corrected chi connectivity index (χ0v) is 17.8. The molecule has 0 bridgehead atoms. The Labute approximate surface area is 174 Å². The molecule has 0 amide bonds. The minimum atomic E-state index is -0.581. The summed E-state index contributed by atoms with van der Waals surface area (Å²) in [7, 11) is 0. The second kappa shape index (κ2) is 9.05. The molecule has 0 saturated carbocycles. The molecule has 0 saturated heterocycles. The van der Waals surface area contributed by atoms with Gasteiger partial charge in [-0.1, -0.05) is 19.1 Å². The van der Waals surface area contributed by atoms with Gasteiger partial charge in [0.2, 0.25) is 5.78 Å². The van der Waals surface area contributed by atoms with Crippen LogP contribution in [0, 0.1) is 20.8 Å². The SMILES string of the molecule is CCc1ccc(OCC(=O)OCC(=O)c2cc(C)n(-c3nc(C)cs3)c2C)cc1. The minimum absolute atomic E-state index is 0.240. The Morgan fingerprint density at radius 2 is 1.83 bits per heavy atom. The lowest BCUT2D eigenvalue weighted by atomic mass is 10.1. The summed E-state index contributed by atoms with van der Waals surface area (Å²) in [5.74, 6) is -0.242. The molecule has 2 aromatic heterocycles. The monoisotopic (exact) mass is 412 g/mol. The number of carbonyl (C=O) groups is 2. The van der Waals surface area contributed by atoms with E-state index in [0.717, 1.165) is 28.6 Å². The first kappa shape index (κ1) is 20.8. The van der Waals surface area contributed by atoms with E-state index in [9.17, 15) is 9.59 Å². The van der Waals surface area contributed by atoms with Crippen LogP contribution < -0.4 is 4.74 Å². The summed E-state index contributed by atoms with van der Waals surface area (Å²) in [6, 6.07) is 9.32. The number of hydrogen-bond acceptors (Lipinski definition) is 6. The van der Waals surface area contributed by atoms with Crippen molar-refractivity contribution >= 4 is 23.1 Å². The van der Waals surface area contributed by atoms with Gasteiger partial charge in [-0.2, -0.15) is 0 Å². The predicted molar refractivity (Wildman–Crippen MR) is 112 cm³/mol. The maximum Gasteiger partial charge on any atom is 0.344 e. The van der Waals surface area contributed by atoms with Crippen LogP contribution in [0.5, 0.6) is 5.75 Å². The van der Waals surface area contributed by atoms with E-state index in [1.54, 1.807) is 6.07 Å². The molecule has 0 atom stereocenters. The summed E-state index contributed by atoms with van der Waals surface area (Å²) >= 11 is 1.52. The third kappa shape index (κ3) is 4.92. The zero-order valence-electron chi connectivity index (χ0n) is 17.0. The number of thiazole rings is 1. The molecule has 3 rings (SSSR count). The molecule has 0 N–H and O–H groups in total. The Balaban J connectivity index is 1.57. The van der Waals surface area contributed by atoms with E-state index in [1.165, 1.54) is 16.9 Å². The maximum atomic E-state index is 12.6. The van der Waals surface area contributed by atoms with Crippen molar-refractivity contribution in [2.45, 2.75) is 34.1 Å². The Bertz CT molecular complexity index is 1020. The minimum Gasteiger partial charge on any atom is -0.482 e. The number of aromatic nitrogens is 2. The molecule has 29 heavy (non-hydrogen) atoms. The number of carbonyl (C=O) groups excluding carboxylic acids is 2. The van der Waals surface area contributed by atoms with Gasteiger partial charge in [0.05, 0.1) is 5.69 Å². The number of hydrogen-bond donors (Lipinski definition) is 0. The second-order valence-corrected chi connectivity index (χ2v) is 7.60. The normalized spacial score (nSPS) is 10.8. The van der Waals surface area contributed by atoms with Gasteiger partial charge < -0.3 is 9.47 Å². The molecule has 0 unspecified atom stereocenters. The van der Waals surface area contributed by atoms with Crippen molar-refractivity contribution in [2.24, 2.45) is 0 Å². The van der Waals surface area contributed by atoms with Crippen LogP contribution >= 0.6 is 11.3 Å². The largest absolute Gasteiger partial charge is 0.482 e. The van der Waals surface area contributed by atoms with Gasteiger partial charge in [0.25, 0.3) is 0 Å². The number of ketones is 1. The molecule has 1 aromatic carbocycles. The Morgan fingerprint density at radius 3 is 2.45 bits per heavy atom. The summed E-state index contributed by atoms with van der Waals surface area (Å²) in [5.41, 5.74) is 4.34. The highest BCUT2D eigenvalue weighted by Crippen LogP contribution is 2.23. The van der Waals surface area contributed by atoms with Crippen LogP contribution in [0.4, 0.5) is 0 Å². The smallest absolute Gasteiger partial charge is 0.344 e. The van der Waals surface area contributed by atoms with Crippen LogP contribution in [-0.2, 0) is 16.0 Å². The average Bonchev–Trinajstić information content (AvgIpc) is 3.26. The molecule has 7 heteroatoms. The van der Waals surface area contributed by atoms with Crippen molar-refractivity contribution in [3.8, 4) is 10.9 Å². The van der Waals surface area contributed by atoms with Crippen LogP contribution in [0.25, 0.3) is 5.13 Å². The Morgan fingerprint density at radius 1 is 1.10 bits per heavy atom. The lowest BCUT2D eigenvalue weighted by Crippen LogP contribution is -2.19. The van der Waals surface area contributed by atoms with E-state index in [4.69, 9.17) is 9.47 Å². The van der Waals surface area contributed by atoms with Crippen molar-refractivity contribution in [3.63, 3.8) is 0 Å². The third-order valence-electron chi connectivity index (χ3n) is 4.58. The fourth-order valence-electron chi connectivity index (χ4n) is 3.01. The second-order valence-electron chi connectivity index (χ2n) is 6.76. The summed E-state index contributed by atoms with van der Waals surface area (Å²) in [6.45, 7) is 7.22. The van der Waals surface area contributed by atoms with Gasteiger partial charge in [-0.05, 0) is 51.0 Å². The molecule has 6 nitrogen and oxygen atoms in total.